The van der Waals surface area contributed by atoms with Crippen LogP contribution in [0.25, 0.3) is 0 Å². The zero-order valence-electron chi connectivity index (χ0n) is 10.8. The van der Waals surface area contributed by atoms with Crippen molar-refractivity contribution in [2.75, 3.05) is 6.61 Å². The molecule has 1 aromatic rings. The lowest BCUT2D eigenvalue weighted by molar-refractivity contribution is -0.0776. The molecule has 0 saturated heterocycles. The van der Waals surface area contributed by atoms with E-state index in [9.17, 15) is 4.79 Å². The average molecular weight is 269 g/mol. The maximum Gasteiger partial charge on any atom is 0.355 e. The molecule has 5 heteroatoms. The fourth-order valence-electron chi connectivity index (χ4n) is 2.51. The Morgan fingerprint density at radius 1 is 1.61 bits per heavy atom. The van der Waals surface area contributed by atoms with Gasteiger partial charge in [0, 0.05) is 12.0 Å². The van der Waals surface area contributed by atoms with Crippen LogP contribution in [0.4, 0.5) is 0 Å². The molecular formula is C13H19NO3S. The quantitative estimate of drug-likeness (QED) is 0.911. The van der Waals surface area contributed by atoms with Gasteiger partial charge in [-0.3, -0.25) is 0 Å². The number of carboxylic acids is 1. The molecule has 2 rings (SSSR count). The molecule has 1 aromatic heterocycles. The summed E-state index contributed by atoms with van der Waals surface area (Å²) in [6.07, 6.45) is 4.10. The summed E-state index contributed by atoms with van der Waals surface area (Å²) in [5.74, 6) is -0.245. The van der Waals surface area contributed by atoms with Crippen LogP contribution < -0.4 is 0 Å². The van der Waals surface area contributed by atoms with Gasteiger partial charge in [0.15, 0.2) is 5.69 Å². The largest absolute Gasteiger partial charge is 0.476 e. The molecule has 0 spiro atoms. The first-order valence-corrected chi connectivity index (χ1v) is 7.28. The van der Waals surface area contributed by atoms with Gasteiger partial charge in [-0.15, -0.1) is 11.3 Å². The van der Waals surface area contributed by atoms with E-state index in [2.05, 4.69) is 11.9 Å². The number of hydrogen-bond acceptors (Lipinski definition) is 4. The molecule has 0 radical (unpaired) electrons. The normalized spacial score (nSPS) is 28.2. The number of ether oxygens (including phenoxy) is 1. The van der Waals surface area contributed by atoms with Crippen LogP contribution in [0, 0.1) is 5.92 Å². The Labute approximate surface area is 111 Å². The molecule has 4 nitrogen and oxygen atoms in total. The van der Waals surface area contributed by atoms with E-state index in [1.807, 2.05) is 6.92 Å². The van der Waals surface area contributed by atoms with Crippen LogP contribution in [0.15, 0.2) is 5.38 Å². The molecule has 0 unspecified atom stereocenters. The van der Waals surface area contributed by atoms with Gasteiger partial charge in [-0.2, -0.15) is 0 Å². The van der Waals surface area contributed by atoms with Gasteiger partial charge in [0.2, 0.25) is 0 Å². The number of thiazole rings is 1. The standard InChI is InChI=1S/C13H19NO3S/c1-3-17-13(6-4-9(2)5-7-13)12-14-10(8-18-12)11(15)16/h8-9H,3-7H2,1-2H3,(H,15,16). The monoisotopic (exact) mass is 269 g/mol. The topological polar surface area (TPSA) is 59.4 Å². The summed E-state index contributed by atoms with van der Waals surface area (Å²) >= 11 is 1.41. The number of nitrogens with zero attached hydrogens (tertiary/aromatic N) is 1. The fraction of sp³-hybridized carbons (Fsp3) is 0.692. The maximum atomic E-state index is 10.9. The first-order chi connectivity index (χ1) is 8.57. The summed E-state index contributed by atoms with van der Waals surface area (Å²) in [6, 6.07) is 0. The molecule has 18 heavy (non-hydrogen) atoms. The lowest BCUT2D eigenvalue weighted by Gasteiger charge is -2.37. The van der Waals surface area contributed by atoms with E-state index < -0.39 is 5.97 Å². The first-order valence-electron chi connectivity index (χ1n) is 6.40. The third-order valence-electron chi connectivity index (χ3n) is 3.62. The summed E-state index contributed by atoms with van der Waals surface area (Å²) in [7, 11) is 0. The predicted octanol–water partition coefficient (Wildman–Crippen LogP) is 3.28. The van der Waals surface area contributed by atoms with Crippen molar-refractivity contribution >= 4 is 17.3 Å². The molecule has 0 bridgehead atoms. The van der Waals surface area contributed by atoms with Gasteiger partial charge < -0.3 is 9.84 Å². The Hall–Kier alpha value is -0.940. The van der Waals surface area contributed by atoms with Crippen molar-refractivity contribution in [3.63, 3.8) is 0 Å². The molecule has 1 heterocycles. The van der Waals surface area contributed by atoms with Crippen molar-refractivity contribution in [3.8, 4) is 0 Å². The van der Waals surface area contributed by atoms with Gasteiger partial charge in [-0.1, -0.05) is 6.92 Å². The highest BCUT2D eigenvalue weighted by Gasteiger charge is 2.39. The minimum Gasteiger partial charge on any atom is -0.476 e. The Morgan fingerprint density at radius 3 is 2.78 bits per heavy atom. The third-order valence-corrected chi connectivity index (χ3v) is 4.64. The minimum atomic E-state index is -0.965. The Bertz CT molecular complexity index is 422. The van der Waals surface area contributed by atoms with E-state index in [1.165, 1.54) is 11.3 Å². The second kappa shape index (κ2) is 5.36. The van der Waals surface area contributed by atoms with Crippen LogP contribution in [0.5, 0.6) is 0 Å². The molecule has 0 atom stereocenters. The summed E-state index contributed by atoms with van der Waals surface area (Å²) in [6.45, 7) is 4.86. The molecule has 0 aromatic carbocycles. The van der Waals surface area contributed by atoms with Gasteiger partial charge >= 0.3 is 5.97 Å². The van der Waals surface area contributed by atoms with Crippen LogP contribution in [-0.4, -0.2) is 22.7 Å². The molecular weight excluding hydrogens is 250 g/mol. The van der Waals surface area contributed by atoms with Gasteiger partial charge in [-0.05, 0) is 38.5 Å². The molecule has 1 saturated carbocycles. The minimum absolute atomic E-state index is 0.132. The maximum absolute atomic E-state index is 10.9. The molecule has 1 aliphatic rings. The van der Waals surface area contributed by atoms with Crippen LogP contribution in [0.1, 0.15) is 55.0 Å². The second-order valence-electron chi connectivity index (χ2n) is 4.95. The van der Waals surface area contributed by atoms with E-state index in [0.717, 1.165) is 36.6 Å². The number of rotatable bonds is 4. The molecule has 100 valence electrons. The Balaban J connectivity index is 2.25. The summed E-state index contributed by atoms with van der Waals surface area (Å²) in [4.78, 5) is 15.2. The zero-order chi connectivity index (χ0) is 13.2. The molecule has 1 aliphatic carbocycles. The van der Waals surface area contributed by atoms with Crippen molar-refractivity contribution in [3.05, 3.63) is 16.1 Å². The van der Waals surface area contributed by atoms with Crippen molar-refractivity contribution < 1.29 is 14.6 Å². The fourth-order valence-corrected chi connectivity index (χ4v) is 3.51. The van der Waals surface area contributed by atoms with Crippen LogP contribution in [0.3, 0.4) is 0 Å². The zero-order valence-corrected chi connectivity index (χ0v) is 11.6. The van der Waals surface area contributed by atoms with Crippen molar-refractivity contribution in [2.45, 2.75) is 45.1 Å². The lowest BCUT2D eigenvalue weighted by atomic mass is 9.79. The van der Waals surface area contributed by atoms with Gasteiger partial charge in [-0.25, -0.2) is 9.78 Å². The number of aromatic carboxylic acids is 1. The number of aromatic nitrogens is 1. The van der Waals surface area contributed by atoms with E-state index in [4.69, 9.17) is 9.84 Å². The predicted molar refractivity (Wildman–Crippen MR) is 70.0 cm³/mol. The van der Waals surface area contributed by atoms with E-state index in [0.29, 0.717) is 6.61 Å². The highest BCUT2D eigenvalue weighted by Crippen LogP contribution is 2.43. The number of carbonyl (C=O) groups is 1. The Kier molecular flexibility index (Phi) is 4.02. The van der Waals surface area contributed by atoms with Crippen molar-refractivity contribution in [1.29, 1.82) is 0 Å². The summed E-state index contributed by atoms with van der Waals surface area (Å²) in [5, 5.41) is 11.4. The lowest BCUT2D eigenvalue weighted by Crippen LogP contribution is -2.34. The summed E-state index contributed by atoms with van der Waals surface area (Å²) in [5.41, 5.74) is -0.215. The molecule has 1 N–H and O–H groups in total. The van der Waals surface area contributed by atoms with Gasteiger partial charge in [0.1, 0.15) is 10.6 Å². The number of hydrogen-bond donors (Lipinski definition) is 1. The van der Waals surface area contributed by atoms with Crippen LogP contribution in [0.2, 0.25) is 0 Å². The van der Waals surface area contributed by atoms with Crippen molar-refractivity contribution in [1.82, 2.24) is 4.98 Å². The van der Waals surface area contributed by atoms with Gasteiger partial charge in [0.05, 0.1) is 0 Å². The van der Waals surface area contributed by atoms with Crippen molar-refractivity contribution in [2.24, 2.45) is 5.92 Å². The molecule has 0 amide bonds. The smallest absolute Gasteiger partial charge is 0.355 e. The van der Waals surface area contributed by atoms with Crippen LogP contribution in [-0.2, 0) is 10.3 Å². The second-order valence-corrected chi connectivity index (χ2v) is 5.81. The third kappa shape index (κ3) is 2.57. The average Bonchev–Trinajstić information content (AvgIpc) is 2.83. The van der Waals surface area contributed by atoms with E-state index in [-0.39, 0.29) is 11.3 Å². The van der Waals surface area contributed by atoms with E-state index >= 15 is 0 Å². The first kappa shape index (κ1) is 13.5. The molecule has 1 fully saturated rings. The molecule has 0 aliphatic heterocycles. The van der Waals surface area contributed by atoms with E-state index in [1.54, 1.807) is 5.38 Å². The SMILES string of the molecule is CCOC1(c2nc(C(=O)O)cs2)CCC(C)CC1. The summed E-state index contributed by atoms with van der Waals surface area (Å²) < 4.78 is 5.95. The highest BCUT2D eigenvalue weighted by molar-refractivity contribution is 7.10. The van der Waals surface area contributed by atoms with Gasteiger partial charge in [0.25, 0.3) is 0 Å². The number of carboxylic acid groups (broad SMARTS) is 1. The Morgan fingerprint density at radius 2 is 2.28 bits per heavy atom. The van der Waals surface area contributed by atoms with Crippen LogP contribution >= 0.6 is 11.3 Å². The highest BCUT2D eigenvalue weighted by atomic mass is 32.1.